The van der Waals surface area contributed by atoms with Gasteiger partial charge in [-0.05, 0) is 79.3 Å². The predicted molar refractivity (Wildman–Crippen MR) is 149 cm³/mol. The summed E-state index contributed by atoms with van der Waals surface area (Å²) < 4.78 is 16.9. The van der Waals surface area contributed by atoms with Crippen LogP contribution in [0.25, 0.3) is 33.9 Å². The van der Waals surface area contributed by atoms with Crippen molar-refractivity contribution in [2.24, 2.45) is 0 Å². The van der Waals surface area contributed by atoms with E-state index in [0.29, 0.717) is 49.8 Å². The van der Waals surface area contributed by atoms with Gasteiger partial charge in [-0.1, -0.05) is 29.3 Å². The number of carbonyl (C=O) groups excluding carboxylic acids is 1. The third-order valence-electron chi connectivity index (χ3n) is 5.59. The number of furan rings is 1. The number of hydrogen-bond acceptors (Lipinski definition) is 6. The van der Waals surface area contributed by atoms with E-state index < -0.39 is 5.91 Å². The molecule has 2 heterocycles. The monoisotopic (exact) mass is 551 g/mol. The summed E-state index contributed by atoms with van der Waals surface area (Å²) in [6, 6.07) is 19.4. The summed E-state index contributed by atoms with van der Waals surface area (Å²) in [5, 5.41) is 6.63. The molecule has 0 saturated heterocycles. The zero-order valence-corrected chi connectivity index (χ0v) is 21.9. The number of anilines is 1. The summed E-state index contributed by atoms with van der Waals surface area (Å²) in [7, 11) is 1.60. The molecule has 5 rings (SSSR count). The number of hydrogen-bond donors (Lipinski definition) is 2. The lowest BCUT2D eigenvalue weighted by atomic mass is 10.1. The van der Waals surface area contributed by atoms with Gasteiger partial charge in [0.25, 0.3) is 5.91 Å². The van der Waals surface area contributed by atoms with Gasteiger partial charge in [0.05, 0.1) is 17.2 Å². The molecule has 1 amide bonds. The van der Waals surface area contributed by atoms with Gasteiger partial charge in [0.15, 0.2) is 16.5 Å². The Balaban J connectivity index is 1.30. The van der Waals surface area contributed by atoms with E-state index in [1.54, 1.807) is 37.4 Å². The molecule has 37 heavy (non-hydrogen) atoms. The van der Waals surface area contributed by atoms with Gasteiger partial charge in [-0.3, -0.25) is 10.1 Å². The number of amides is 1. The number of carbonyl (C=O) groups is 1. The zero-order valence-electron chi connectivity index (χ0n) is 19.6. The molecule has 0 radical (unpaired) electrons. The van der Waals surface area contributed by atoms with E-state index in [0.717, 1.165) is 11.1 Å². The number of aromatic nitrogens is 1. The van der Waals surface area contributed by atoms with Crippen molar-refractivity contribution in [1.82, 2.24) is 10.3 Å². The van der Waals surface area contributed by atoms with Gasteiger partial charge in [-0.25, -0.2) is 4.98 Å². The average Bonchev–Trinajstić information content (AvgIpc) is 3.54. The van der Waals surface area contributed by atoms with Crippen LogP contribution < -0.4 is 15.4 Å². The molecule has 0 unspecified atom stereocenters. The molecule has 0 atom stereocenters. The first-order valence-electron chi connectivity index (χ1n) is 11.0. The zero-order chi connectivity index (χ0) is 26.1. The second-order valence-electron chi connectivity index (χ2n) is 8.08. The first-order valence-corrected chi connectivity index (χ1v) is 12.2. The molecular formula is C27H19Cl2N3O4S. The summed E-state index contributed by atoms with van der Waals surface area (Å²) in [5.74, 6) is 1.22. The molecule has 186 valence electrons. The molecule has 0 bridgehead atoms. The minimum absolute atomic E-state index is 0.0950. The Hall–Kier alpha value is -3.85. The van der Waals surface area contributed by atoms with E-state index in [-0.39, 0.29) is 10.9 Å². The number of oxazole rings is 1. The second kappa shape index (κ2) is 10.3. The molecule has 0 spiro atoms. The van der Waals surface area contributed by atoms with Crippen LogP contribution in [0.3, 0.4) is 0 Å². The fraction of sp³-hybridized carbons (Fsp3) is 0.0741. The van der Waals surface area contributed by atoms with Crippen LogP contribution in [-0.4, -0.2) is 23.1 Å². The molecule has 0 fully saturated rings. The van der Waals surface area contributed by atoms with Crippen LogP contribution in [0.4, 0.5) is 5.69 Å². The van der Waals surface area contributed by atoms with Crippen LogP contribution in [0, 0.1) is 6.92 Å². The van der Waals surface area contributed by atoms with Gasteiger partial charge < -0.3 is 18.9 Å². The fourth-order valence-electron chi connectivity index (χ4n) is 3.63. The minimum Gasteiger partial charge on any atom is -0.497 e. The van der Waals surface area contributed by atoms with Crippen LogP contribution in [0.1, 0.15) is 16.1 Å². The number of methoxy groups -OCH3 is 1. The highest BCUT2D eigenvalue weighted by atomic mass is 35.5. The topological polar surface area (TPSA) is 89.5 Å². The van der Waals surface area contributed by atoms with Crippen molar-refractivity contribution in [3.05, 3.63) is 88.1 Å². The minimum atomic E-state index is -0.495. The molecule has 2 aromatic heterocycles. The SMILES string of the molecule is COc1ccc2oc(-c3ccc(C)c(NC(=S)NC(=O)c4ccc(-c5ccc(Cl)c(Cl)c5)o4)c3)nc2c1. The van der Waals surface area contributed by atoms with E-state index in [1.807, 2.05) is 43.3 Å². The van der Waals surface area contributed by atoms with Crippen molar-refractivity contribution in [2.75, 3.05) is 12.4 Å². The number of aryl methyl sites for hydroxylation is 1. The number of thiocarbonyl (C=S) groups is 1. The molecule has 0 aliphatic heterocycles. The molecule has 3 aromatic carbocycles. The number of nitrogens with zero attached hydrogens (tertiary/aromatic N) is 1. The number of nitrogens with one attached hydrogen (secondary N) is 2. The Morgan fingerprint density at radius 1 is 0.946 bits per heavy atom. The lowest BCUT2D eigenvalue weighted by Crippen LogP contribution is -2.34. The highest BCUT2D eigenvalue weighted by Gasteiger charge is 2.16. The maximum atomic E-state index is 12.7. The quantitative estimate of drug-likeness (QED) is 0.218. The maximum Gasteiger partial charge on any atom is 0.293 e. The third-order valence-corrected chi connectivity index (χ3v) is 6.53. The highest BCUT2D eigenvalue weighted by Crippen LogP contribution is 2.31. The van der Waals surface area contributed by atoms with E-state index in [4.69, 9.17) is 49.0 Å². The maximum absolute atomic E-state index is 12.7. The van der Waals surface area contributed by atoms with Crippen molar-refractivity contribution >= 4 is 63.2 Å². The largest absolute Gasteiger partial charge is 0.497 e. The first-order chi connectivity index (χ1) is 17.8. The molecule has 5 aromatic rings. The van der Waals surface area contributed by atoms with Gasteiger partial charge >= 0.3 is 0 Å². The predicted octanol–water partition coefficient (Wildman–Crippen LogP) is 7.51. The Bertz CT molecular complexity index is 1660. The summed E-state index contributed by atoms with van der Waals surface area (Å²) in [5.41, 5.74) is 4.38. The summed E-state index contributed by atoms with van der Waals surface area (Å²) in [4.78, 5) is 17.3. The number of fused-ring (bicyclic) bond motifs is 1. The van der Waals surface area contributed by atoms with Crippen molar-refractivity contribution in [2.45, 2.75) is 6.92 Å². The van der Waals surface area contributed by atoms with Gasteiger partial charge in [0, 0.05) is 22.9 Å². The van der Waals surface area contributed by atoms with E-state index in [2.05, 4.69) is 15.6 Å². The molecule has 0 aliphatic carbocycles. The van der Waals surface area contributed by atoms with Gasteiger partial charge in [-0.2, -0.15) is 0 Å². The Kier molecular flexibility index (Phi) is 6.88. The number of rotatable bonds is 5. The molecule has 0 saturated carbocycles. The van der Waals surface area contributed by atoms with Gasteiger partial charge in [0.1, 0.15) is 17.0 Å². The summed E-state index contributed by atoms with van der Waals surface area (Å²) >= 11 is 17.4. The highest BCUT2D eigenvalue weighted by molar-refractivity contribution is 7.80. The Morgan fingerprint density at radius 2 is 1.76 bits per heavy atom. The van der Waals surface area contributed by atoms with Crippen molar-refractivity contribution < 1.29 is 18.4 Å². The lowest BCUT2D eigenvalue weighted by molar-refractivity contribution is 0.0951. The molecule has 2 N–H and O–H groups in total. The van der Waals surface area contributed by atoms with Crippen molar-refractivity contribution in [3.8, 4) is 28.5 Å². The fourth-order valence-corrected chi connectivity index (χ4v) is 4.13. The lowest BCUT2D eigenvalue weighted by Gasteiger charge is -2.12. The number of ether oxygens (including phenoxy) is 1. The van der Waals surface area contributed by atoms with Crippen LogP contribution in [0.15, 0.2) is 75.6 Å². The molecular weight excluding hydrogens is 533 g/mol. The van der Waals surface area contributed by atoms with Crippen LogP contribution in [-0.2, 0) is 0 Å². The Morgan fingerprint density at radius 3 is 2.54 bits per heavy atom. The number of halogens is 2. The third kappa shape index (κ3) is 5.32. The standard InChI is InChI=1S/C27H19Cl2N3O4S/c1-14-3-4-16(26-30-21-13-17(34-2)6-8-23(21)36-26)12-20(14)31-27(37)32-25(33)24-10-9-22(35-24)15-5-7-18(28)19(29)11-15/h3-13H,1-2H3,(H2,31,32,33,37). The smallest absolute Gasteiger partial charge is 0.293 e. The normalized spacial score (nSPS) is 10.9. The molecule has 0 aliphatic rings. The van der Waals surface area contributed by atoms with E-state index in [9.17, 15) is 4.79 Å². The van der Waals surface area contributed by atoms with Crippen LogP contribution >= 0.6 is 35.4 Å². The average molecular weight is 552 g/mol. The molecule has 7 nitrogen and oxygen atoms in total. The number of benzene rings is 3. The summed E-state index contributed by atoms with van der Waals surface area (Å²) in [6.45, 7) is 1.92. The van der Waals surface area contributed by atoms with Crippen LogP contribution in [0.5, 0.6) is 5.75 Å². The van der Waals surface area contributed by atoms with Gasteiger partial charge in [-0.15, -0.1) is 0 Å². The summed E-state index contributed by atoms with van der Waals surface area (Å²) in [6.07, 6.45) is 0. The Labute approximate surface area is 227 Å². The molecule has 10 heteroatoms. The second-order valence-corrected chi connectivity index (χ2v) is 9.31. The van der Waals surface area contributed by atoms with Crippen LogP contribution in [0.2, 0.25) is 10.0 Å². The van der Waals surface area contributed by atoms with E-state index in [1.165, 1.54) is 0 Å². The van der Waals surface area contributed by atoms with Crippen molar-refractivity contribution in [1.29, 1.82) is 0 Å². The van der Waals surface area contributed by atoms with E-state index >= 15 is 0 Å². The first kappa shape index (κ1) is 24.8. The van der Waals surface area contributed by atoms with Gasteiger partial charge in [0.2, 0.25) is 5.89 Å². The van der Waals surface area contributed by atoms with Crippen molar-refractivity contribution in [3.63, 3.8) is 0 Å².